The Morgan fingerprint density at radius 2 is 1.92 bits per heavy atom. The van der Waals surface area contributed by atoms with E-state index >= 15 is 0 Å². The molecule has 0 radical (unpaired) electrons. The van der Waals surface area contributed by atoms with E-state index in [1.165, 1.54) is 4.90 Å². The molecular weight excluding hydrogens is 332 g/mol. The van der Waals surface area contributed by atoms with Gasteiger partial charge >= 0.3 is 5.97 Å². The summed E-state index contributed by atoms with van der Waals surface area (Å²) in [6, 6.07) is 11.4. The highest BCUT2D eigenvalue weighted by atomic mass is 16.4. The number of aryl methyl sites for hydroxylation is 2. The van der Waals surface area contributed by atoms with Gasteiger partial charge in [-0.25, -0.2) is 4.98 Å². The number of nitrogens with zero attached hydrogens (tertiary/aromatic N) is 2. The largest absolute Gasteiger partial charge is 0.481 e. The summed E-state index contributed by atoms with van der Waals surface area (Å²) in [5, 5.41) is 9.14. The molecular formula is C20H18N2O4. The first-order chi connectivity index (χ1) is 12.4. The van der Waals surface area contributed by atoms with Crippen molar-refractivity contribution in [1.29, 1.82) is 0 Å². The van der Waals surface area contributed by atoms with Gasteiger partial charge in [0.2, 0.25) is 11.8 Å². The van der Waals surface area contributed by atoms with Crippen molar-refractivity contribution in [1.82, 2.24) is 4.98 Å². The summed E-state index contributed by atoms with van der Waals surface area (Å²) in [4.78, 5) is 29.4. The normalized spacial score (nSPS) is 17.2. The standard InChI is InChI=1S/C20H18N2O4/c1-11-5-12(2)7-13(6-11)19-21-16-9-15(3-4-17(16)26-19)22-10-14(20(24)25)8-18(22)23/h3-7,9,14H,8,10H2,1-2H3,(H,24,25)/t14-/m1/s1. The van der Waals surface area contributed by atoms with E-state index in [0.29, 0.717) is 22.7 Å². The maximum atomic E-state index is 12.1. The monoisotopic (exact) mass is 350 g/mol. The number of carboxylic acids is 1. The Hall–Kier alpha value is -3.15. The van der Waals surface area contributed by atoms with E-state index in [9.17, 15) is 9.59 Å². The number of anilines is 1. The van der Waals surface area contributed by atoms with Crippen LogP contribution in [0.1, 0.15) is 17.5 Å². The molecule has 1 fully saturated rings. The van der Waals surface area contributed by atoms with Gasteiger partial charge in [-0.05, 0) is 44.2 Å². The number of carboxylic acid groups (broad SMARTS) is 1. The molecule has 4 rings (SSSR count). The van der Waals surface area contributed by atoms with Crippen LogP contribution in [0.2, 0.25) is 0 Å². The second-order valence-electron chi connectivity index (χ2n) is 6.79. The van der Waals surface area contributed by atoms with Crippen molar-refractivity contribution in [2.24, 2.45) is 5.92 Å². The fourth-order valence-electron chi connectivity index (χ4n) is 3.43. The van der Waals surface area contributed by atoms with Crippen molar-refractivity contribution in [2.75, 3.05) is 11.4 Å². The molecule has 1 N–H and O–H groups in total. The number of amides is 1. The van der Waals surface area contributed by atoms with Crippen molar-refractivity contribution >= 4 is 28.7 Å². The fourth-order valence-corrected chi connectivity index (χ4v) is 3.43. The minimum atomic E-state index is -0.944. The van der Waals surface area contributed by atoms with Gasteiger partial charge in [0.25, 0.3) is 0 Å². The van der Waals surface area contributed by atoms with E-state index in [0.717, 1.165) is 16.7 Å². The van der Waals surface area contributed by atoms with Crippen molar-refractivity contribution < 1.29 is 19.1 Å². The zero-order chi connectivity index (χ0) is 18.4. The Bertz CT molecular complexity index is 1020. The molecule has 1 aliphatic rings. The van der Waals surface area contributed by atoms with Crippen LogP contribution in [0.4, 0.5) is 5.69 Å². The van der Waals surface area contributed by atoms with Gasteiger partial charge in [-0.3, -0.25) is 9.59 Å². The molecule has 2 aromatic carbocycles. The Kier molecular flexibility index (Phi) is 3.76. The van der Waals surface area contributed by atoms with Crippen molar-refractivity contribution in [2.45, 2.75) is 20.3 Å². The highest BCUT2D eigenvalue weighted by molar-refractivity contribution is 6.00. The van der Waals surface area contributed by atoms with Gasteiger partial charge in [0.15, 0.2) is 5.58 Å². The lowest BCUT2D eigenvalue weighted by atomic mass is 10.1. The third-order valence-electron chi connectivity index (χ3n) is 4.63. The van der Waals surface area contributed by atoms with Gasteiger partial charge in [0.1, 0.15) is 5.52 Å². The maximum absolute atomic E-state index is 12.1. The Morgan fingerprint density at radius 3 is 2.58 bits per heavy atom. The van der Waals surface area contributed by atoms with E-state index in [4.69, 9.17) is 9.52 Å². The van der Waals surface area contributed by atoms with Crippen LogP contribution >= 0.6 is 0 Å². The lowest BCUT2D eigenvalue weighted by Crippen LogP contribution is -2.25. The first kappa shape index (κ1) is 16.3. The third-order valence-corrected chi connectivity index (χ3v) is 4.63. The number of oxazole rings is 1. The fraction of sp³-hybridized carbons (Fsp3) is 0.250. The minimum Gasteiger partial charge on any atom is -0.481 e. The van der Waals surface area contributed by atoms with Gasteiger partial charge in [0, 0.05) is 24.2 Å². The summed E-state index contributed by atoms with van der Waals surface area (Å²) in [5.41, 5.74) is 5.08. The SMILES string of the molecule is Cc1cc(C)cc(-c2nc3cc(N4C[C@H](C(=O)O)CC4=O)ccc3o2)c1. The van der Waals surface area contributed by atoms with Crippen LogP contribution in [-0.4, -0.2) is 28.5 Å². The third kappa shape index (κ3) is 2.83. The second kappa shape index (κ2) is 5.98. The van der Waals surface area contributed by atoms with Crippen molar-refractivity contribution in [3.8, 4) is 11.5 Å². The predicted molar refractivity (Wildman–Crippen MR) is 97.0 cm³/mol. The van der Waals surface area contributed by atoms with Crippen LogP contribution in [0.3, 0.4) is 0 Å². The van der Waals surface area contributed by atoms with E-state index in [2.05, 4.69) is 11.1 Å². The molecule has 132 valence electrons. The zero-order valence-electron chi connectivity index (χ0n) is 14.5. The smallest absolute Gasteiger partial charge is 0.308 e. The van der Waals surface area contributed by atoms with Crippen LogP contribution in [0.5, 0.6) is 0 Å². The molecule has 6 heteroatoms. The highest BCUT2D eigenvalue weighted by Gasteiger charge is 2.35. The quantitative estimate of drug-likeness (QED) is 0.781. The molecule has 3 aromatic rings. The minimum absolute atomic E-state index is 0.0278. The number of hydrogen-bond acceptors (Lipinski definition) is 4. The molecule has 0 spiro atoms. The first-order valence-corrected chi connectivity index (χ1v) is 8.43. The Morgan fingerprint density at radius 1 is 1.19 bits per heavy atom. The van der Waals surface area contributed by atoms with Crippen molar-refractivity contribution in [3.05, 3.63) is 47.5 Å². The number of carbonyl (C=O) groups is 2. The molecule has 2 heterocycles. The molecule has 1 aliphatic heterocycles. The van der Waals surface area contributed by atoms with Crippen LogP contribution in [0.15, 0.2) is 40.8 Å². The summed E-state index contributed by atoms with van der Waals surface area (Å²) in [6.45, 7) is 4.23. The van der Waals surface area contributed by atoms with Crippen LogP contribution in [0, 0.1) is 19.8 Å². The van der Waals surface area contributed by atoms with E-state index in [1.54, 1.807) is 18.2 Å². The lowest BCUT2D eigenvalue weighted by molar-refractivity contribution is -0.141. The summed E-state index contributed by atoms with van der Waals surface area (Å²) in [5.74, 6) is -1.27. The zero-order valence-corrected chi connectivity index (χ0v) is 14.5. The molecule has 1 aromatic heterocycles. The number of aromatic nitrogens is 1. The van der Waals surface area contributed by atoms with Crippen LogP contribution in [-0.2, 0) is 9.59 Å². The molecule has 1 atom stereocenters. The predicted octanol–water partition coefficient (Wildman–Crippen LogP) is 3.55. The molecule has 1 amide bonds. The Balaban J connectivity index is 1.70. The number of aliphatic carboxylic acids is 1. The van der Waals surface area contributed by atoms with Gasteiger partial charge < -0.3 is 14.4 Å². The van der Waals surface area contributed by atoms with E-state index in [-0.39, 0.29) is 18.9 Å². The molecule has 6 nitrogen and oxygen atoms in total. The molecule has 0 bridgehead atoms. The van der Waals surface area contributed by atoms with E-state index in [1.807, 2.05) is 26.0 Å². The summed E-state index contributed by atoms with van der Waals surface area (Å²) in [7, 11) is 0. The molecule has 0 saturated carbocycles. The topological polar surface area (TPSA) is 83.6 Å². The maximum Gasteiger partial charge on any atom is 0.308 e. The highest BCUT2D eigenvalue weighted by Crippen LogP contribution is 2.31. The van der Waals surface area contributed by atoms with Gasteiger partial charge in [0.05, 0.1) is 5.92 Å². The average molecular weight is 350 g/mol. The number of fused-ring (bicyclic) bond motifs is 1. The van der Waals surface area contributed by atoms with Crippen LogP contribution in [0.25, 0.3) is 22.6 Å². The van der Waals surface area contributed by atoms with Gasteiger partial charge in [-0.15, -0.1) is 0 Å². The molecule has 1 saturated heterocycles. The summed E-state index contributed by atoms with van der Waals surface area (Å²) < 4.78 is 5.86. The van der Waals surface area contributed by atoms with Gasteiger partial charge in [-0.1, -0.05) is 17.2 Å². The Labute approximate surface area is 150 Å². The number of carbonyl (C=O) groups excluding carboxylic acids is 1. The van der Waals surface area contributed by atoms with Crippen LogP contribution < -0.4 is 4.90 Å². The second-order valence-corrected chi connectivity index (χ2v) is 6.79. The number of hydrogen-bond donors (Lipinski definition) is 1. The molecule has 26 heavy (non-hydrogen) atoms. The van der Waals surface area contributed by atoms with Crippen molar-refractivity contribution in [3.63, 3.8) is 0 Å². The van der Waals surface area contributed by atoms with Gasteiger partial charge in [-0.2, -0.15) is 0 Å². The molecule has 0 aliphatic carbocycles. The summed E-state index contributed by atoms with van der Waals surface area (Å²) >= 11 is 0. The number of benzene rings is 2. The first-order valence-electron chi connectivity index (χ1n) is 8.43. The van der Waals surface area contributed by atoms with E-state index < -0.39 is 11.9 Å². The number of rotatable bonds is 3. The lowest BCUT2D eigenvalue weighted by Gasteiger charge is -2.15. The summed E-state index contributed by atoms with van der Waals surface area (Å²) in [6.07, 6.45) is 0.0278. The average Bonchev–Trinajstić information content (AvgIpc) is 3.16. The molecule has 0 unspecified atom stereocenters.